The van der Waals surface area contributed by atoms with Gasteiger partial charge in [0.15, 0.2) is 0 Å². The molecule has 1 aromatic carbocycles. The second kappa shape index (κ2) is 4.11. The first-order valence-electron chi connectivity index (χ1n) is 5.15. The molecule has 0 amide bonds. The molecule has 1 aromatic rings. The smallest absolute Gasteiger partial charge is 0.116 e. The van der Waals surface area contributed by atoms with E-state index in [9.17, 15) is 0 Å². The maximum absolute atomic E-state index is 5.88. The van der Waals surface area contributed by atoms with Crippen LogP contribution in [-0.2, 0) is 15.1 Å². The van der Waals surface area contributed by atoms with Crippen LogP contribution in [0, 0.1) is 0 Å². The van der Waals surface area contributed by atoms with Gasteiger partial charge < -0.3 is 9.47 Å². The molecule has 0 N–H and O–H groups in total. The summed E-state index contributed by atoms with van der Waals surface area (Å²) in [5.41, 5.74) is 1.02. The minimum Gasteiger partial charge on any atom is -0.376 e. The Hall–Kier alpha value is -0.860. The molecule has 2 rings (SSSR count). The molecule has 14 heavy (non-hydrogen) atoms. The minimum absolute atomic E-state index is 0.209. The van der Waals surface area contributed by atoms with E-state index in [0.717, 1.165) is 6.42 Å². The van der Waals surface area contributed by atoms with Gasteiger partial charge in [-0.3, -0.25) is 0 Å². The number of benzene rings is 1. The second-order valence-electron chi connectivity index (χ2n) is 3.61. The molecule has 1 unspecified atom stereocenters. The number of hydrogen-bond acceptors (Lipinski definition) is 2. The van der Waals surface area contributed by atoms with Crippen molar-refractivity contribution < 1.29 is 9.47 Å². The second-order valence-corrected chi connectivity index (χ2v) is 3.61. The number of hydrogen-bond donors (Lipinski definition) is 0. The molecule has 0 radical (unpaired) electrons. The van der Waals surface area contributed by atoms with Crippen LogP contribution in [0.1, 0.15) is 18.9 Å². The quantitative estimate of drug-likeness (QED) is 0.716. The van der Waals surface area contributed by atoms with Crippen molar-refractivity contribution in [2.45, 2.75) is 18.9 Å². The Bertz CT molecular complexity index is 276. The lowest BCUT2D eigenvalue weighted by atomic mass is 9.91. The van der Waals surface area contributed by atoms with E-state index in [4.69, 9.17) is 9.47 Å². The largest absolute Gasteiger partial charge is 0.376 e. The highest BCUT2D eigenvalue weighted by Gasteiger charge is 2.33. The third kappa shape index (κ3) is 1.68. The van der Waals surface area contributed by atoms with Gasteiger partial charge in [-0.25, -0.2) is 0 Å². The summed E-state index contributed by atoms with van der Waals surface area (Å²) in [6.45, 7) is 4.23. The molecule has 1 saturated heterocycles. The molecular weight excluding hydrogens is 176 g/mol. The number of ether oxygens (including phenoxy) is 2. The van der Waals surface area contributed by atoms with Gasteiger partial charge in [0.25, 0.3) is 0 Å². The molecule has 0 aromatic heterocycles. The highest BCUT2D eigenvalue weighted by Crippen LogP contribution is 2.31. The molecule has 1 heterocycles. The van der Waals surface area contributed by atoms with E-state index in [-0.39, 0.29) is 5.60 Å². The van der Waals surface area contributed by atoms with Gasteiger partial charge in [0.2, 0.25) is 0 Å². The predicted molar refractivity (Wildman–Crippen MR) is 55.2 cm³/mol. The zero-order chi connectivity index (χ0) is 9.86. The molecule has 0 spiro atoms. The van der Waals surface area contributed by atoms with Crippen LogP contribution in [0.5, 0.6) is 0 Å². The summed E-state index contributed by atoms with van der Waals surface area (Å²) in [7, 11) is 0. The first-order chi connectivity index (χ1) is 6.87. The molecule has 0 saturated carbocycles. The molecule has 2 heteroatoms. The average Bonchev–Trinajstić information content (AvgIpc) is 2.31. The summed E-state index contributed by atoms with van der Waals surface area (Å²) in [4.78, 5) is 0. The lowest BCUT2D eigenvalue weighted by molar-refractivity contribution is -0.164. The molecular formula is C12H16O2. The summed E-state index contributed by atoms with van der Waals surface area (Å²) in [6, 6.07) is 10.3. The lowest BCUT2D eigenvalue weighted by Crippen LogP contribution is -2.40. The van der Waals surface area contributed by atoms with E-state index in [1.54, 1.807) is 0 Å². The van der Waals surface area contributed by atoms with E-state index in [0.29, 0.717) is 19.8 Å². The van der Waals surface area contributed by atoms with Crippen molar-refractivity contribution in [1.29, 1.82) is 0 Å². The summed E-state index contributed by atoms with van der Waals surface area (Å²) < 4.78 is 11.4. The minimum atomic E-state index is -0.209. The van der Waals surface area contributed by atoms with Crippen LogP contribution >= 0.6 is 0 Å². The zero-order valence-electron chi connectivity index (χ0n) is 8.53. The predicted octanol–water partition coefficient (Wildman–Crippen LogP) is 2.34. The summed E-state index contributed by atoms with van der Waals surface area (Å²) in [6.07, 6.45) is 0.955. The Morgan fingerprint density at radius 1 is 1.21 bits per heavy atom. The highest BCUT2D eigenvalue weighted by molar-refractivity contribution is 5.23. The van der Waals surface area contributed by atoms with Crippen molar-refractivity contribution in [3.05, 3.63) is 35.9 Å². The van der Waals surface area contributed by atoms with Gasteiger partial charge in [-0.1, -0.05) is 37.3 Å². The zero-order valence-corrected chi connectivity index (χ0v) is 8.53. The van der Waals surface area contributed by atoms with Crippen LogP contribution in [0.25, 0.3) is 0 Å². The van der Waals surface area contributed by atoms with Crippen molar-refractivity contribution in [2.24, 2.45) is 0 Å². The van der Waals surface area contributed by atoms with E-state index >= 15 is 0 Å². The van der Waals surface area contributed by atoms with E-state index in [2.05, 4.69) is 19.1 Å². The van der Waals surface area contributed by atoms with Crippen molar-refractivity contribution in [3.8, 4) is 0 Å². The highest BCUT2D eigenvalue weighted by atomic mass is 16.6. The molecule has 1 atom stereocenters. The van der Waals surface area contributed by atoms with Gasteiger partial charge in [0, 0.05) is 0 Å². The number of rotatable bonds is 2. The summed E-state index contributed by atoms with van der Waals surface area (Å²) >= 11 is 0. The van der Waals surface area contributed by atoms with Crippen molar-refractivity contribution >= 4 is 0 Å². The molecule has 1 aliphatic rings. The van der Waals surface area contributed by atoms with Crippen LogP contribution in [-0.4, -0.2) is 19.8 Å². The van der Waals surface area contributed by atoms with Crippen molar-refractivity contribution in [1.82, 2.24) is 0 Å². The van der Waals surface area contributed by atoms with Gasteiger partial charge in [-0.05, 0) is 12.0 Å². The molecule has 76 valence electrons. The Labute approximate surface area is 84.8 Å². The maximum atomic E-state index is 5.88. The standard InChI is InChI=1S/C12H16O2/c1-2-12(10-13-8-9-14-12)11-6-4-3-5-7-11/h3-7H,2,8-10H2,1H3. The van der Waals surface area contributed by atoms with E-state index in [1.807, 2.05) is 18.2 Å². The average molecular weight is 192 g/mol. The van der Waals surface area contributed by atoms with Crippen LogP contribution < -0.4 is 0 Å². The van der Waals surface area contributed by atoms with Gasteiger partial charge >= 0.3 is 0 Å². The monoisotopic (exact) mass is 192 g/mol. The fraction of sp³-hybridized carbons (Fsp3) is 0.500. The molecule has 0 aliphatic carbocycles. The SMILES string of the molecule is CCC1(c2ccccc2)COCCO1. The van der Waals surface area contributed by atoms with Crippen LogP contribution in [0.3, 0.4) is 0 Å². The Morgan fingerprint density at radius 3 is 2.57 bits per heavy atom. The topological polar surface area (TPSA) is 18.5 Å². The normalized spacial score (nSPS) is 27.5. The Kier molecular flexibility index (Phi) is 2.85. The first kappa shape index (κ1) is 9.69. The Balaban J connectivity index is 2.27. The molecule has 1 aliphatic heterocycles. The fourth-order valence-corrected chi connectivity index (χ4v) is 1.89. The van der Waals surface area contributed by atoms with Crippen LogP contribution in [0.4, 0.5) is 0 Å². The van der Waals surface area contributed by atoms with Crippen molar-refractivity contribution in [3.63, 3.8) is 0 Å². The van der Waals surface area contributed by atoms with Crippen LogP contribution in [0.15, 0.2) is 30.3 Å². The van der Waals surface area contributed by atoms with Crippen LogP contribution in [0.2, 0.25) is 0 Å². The fourth-order valence-electron chi connectivity index (χ4n) is 1.89. The van der Waals surface area contributed by atoms with Gasteiger partial charge in [0.1, 0.15) is 5.60 Å². The van der Waals surface area contributed by atoms with E-state index < -0.39 is 0 Å². The molecule has 2 nitrogen and oxygen atoms in total. The Morgan fingerprint density at radius 2 is 2.00 bits per heavy atom. The maximum Gasteiger partial charge on any atom is 0.116 e. The summed E-state index contributed by atoms with van der Waals surface area (Å²) in [5, 5.41) is 0. The van der Waals surface area contributed by atoms with E-state index in [1.165, 1.54) is 5.56 Å². The van der Waals surface area contributed by atoms with Gasteiger partial charge in [-0.2, -0.15) is 0 Å². The first-order valence-corrected chi connectivity index (χ1v) is 5.15. The lowest BCUT2D eigenvalue weighted by Gasteiger charge is -2.36. The molecule has 0 bridgehead atoms. The van der Waals surface area contributed by atoms with Crippen molar-refractivity contribution in [2.75, 3.05) is 19.8 Å². The molecule has 1 fully saturated rings. The third-order valence-corrected chi connectivity index (χ3v) is 2.81. The third-order valence-electron chi connectivity index (χ3n) is 2.81. The van der Waals surface area contributed by atoms with Gasteiger partial charge in [-0.15, -0.1) is 0 Å². The summed E-state index contributed by atoms with van der Waals surface area (Å²) in [5.74, 6) is 0. The van der Waals surface area contributed by atoms with Gasteiger partial charge in [0.05, 0.1) is 19.8 Å².